The molecule has 0 unspecified atom stereocenters. The highest BCUT2D eigenvalue weighted by Gasteiger charge is 2.11. The molecule has 0 atom stereocenters. The second kappa shape index (κ2) is 5.03. The molecular weight excluding hydrogens is 388 g/mol. The van der Waals surface area contributed by atoms with Gasteiger partial charge in [-0.15, -0.1) is 0 Å². The number of hydrogen-bond acceptors (Lipinski definition) is 2. The van der Waals surface area contributed by atoms with E-state index in [4.69, 9.17) is 5.11 Å². The monoisotopic (exact) mass is 394 g/mol. The number of imidazole rings is 1. The number of fused-ring (bicyclic) bond motifs is 1. The molecule has 100 valence electrons. The first-order valence-corrected chi connectivity index (χ1v) is 7.31. The van der Waals surface area contributed by atoms with Gasteiger partial charge in [-0.25, -0.2) is 9.78 Å². The maximum absolute atomic E-state index is 11.0. The van der Waals surface area contributed by atoms with E-state index in [1.165, 1.54) is 0 Å². The van der Waals surface area contributed by atoms with Gasteiger partial charge in [-0.1, -0.05) is 31.9 Å². The van der Waals surface area contributed by atoms with Crippen LogP contribution in [-0.4, -0.2) is 21.0 Å². The molecule has 3 aromatic rings. The van der Waals surface area contributed by atoms with Crippen LogP contribution < -0.4 is 0 Å². The lowest BCUT2D eigenvalue weighted by Crippen LogP contribution is -1.94. The molecule has 0 radical (unpaired) electrons. The van der Waals surface area contributed by atoms with E-state index in [2.05, 4.69) is 41.8 Å². The zero-order valence-electron chi connectivity index (χ0n) is 10.0. The molecule has 0 fully saturated rings. The van der Waals surface area contributed by atoms with Gasteiger partial charge < -0.3 is 10.1 Å². The van der Waals surface area contributed by atoms with Gasteiger partial charge in [0, 0.05) is 14.5 Å². The summed E-state index contributed by atoms with van der Waals surface area (Å²) in [6.45, 7) is 0. The van der Waals surface area contributed by atoms with Crippen LogP contribution in [0.15, 0.2) is 45.3 Å². The van der Waals surface area contributed by atoms with Gasteiger partial charge in [-0.3, -0.25) is 0 Å². The standard InChI is InChI=1S/C14H8Br2N2O2/c15-8-2-3-10(16)9(6-8)13-17-11-4-1-7(14(19)20)5-12(11)18-13/h1-6H,(H,17,18)(H,19,20). The first-order valence-electron chi connectivity index (χ1n) is 5.73. The van der Waals surface area contributed by atoms with Crippen LogP contribution in [0.1, 0.15) is 10.4 Å². The first-order chi connectivity index (χ1) is 9.54. The van der Waals surface area contributed by atoms with Crippen molar-refractivity contribution < 1.29 is 9.90 Å². The van der Waals surface area contributed by atoms with E-state index in [0.717, 1.165) is 20.0 Å². The summed E-state index contributed by atoms with van der Waals surface area (Å²) in [5.74, 6) is -0.262. The van der Waals surface area contributed by atoms with E-state index < -0.39 is 5.97 Å². The fourth-order valence-corrected chi connectivity index (χ4v) is 2.74. The van der Waals surface area contributed by atoms with Crippen LogP contribution in [0.4, 0.5) is 0 Å². The number of hydrogen-bond donors (Lipinski definition) is 2. The number of aromatic amines is 1. The average molecular weight is 396 g/mol. The normalized spacial score (nSPS) is 10.9. The van der Waals surface area contributed by atoms with Crippen LogP contribution in [0, 0.1) is 0 Å². The van der Waals surface area contributed by atoms with Crippen molar-refractivity contribution in [3.8, 4) is 11.4 Å². The Labute approximate surface area is 131 Å². The van der Waals surface area contributed by atoms with Crippen LogP contribution in [0.3, 0.4) is 0 Å². The summed E-state index contributed by atoms with van der Waals surface area (Å²) >= 11 is 6.92. The van der Waals surface area contributed by atoms with Crippen LogP contribution in [-0.2, 0) is 0 Å². The number of halogens is 2. The van der Waals surface area contributed by atoms with E-state index in [1.54, 1.807) is 18.2 Å². The lowest BCUT2D eigenvalue weighted by Gasteiger charge is -2.01. The lowest BCUT2D eigenvalue weighted by atomic mass is 10.2. The van der Waals surface area contributed by atoms with Gasteiger partial charge in [0.25, 0.3) is 0 Å². The number of carboxylic acids is 1. The Morgan fingerprint density at radius 1 is 1.15 bits per heavy atom. The molecule has 20 heavy (non-hydrogen) atoms. The van der Waals surface area contributed by atoms with Crippen LogP contribution >= 0.6 is 31.9 Å². The summed E-state index contributed by atoms with van der Waals surface area (Å²) in [4.78, 5) is 18.6. The van der Waals surface area contributed by atoms with Crippen molar-refractivity contribution in [3.05, 3.63) is 50.9 Å². The van der Waals surface area contributed by atoms with E-state index in [1.807, 2.05) is 18.2 Å². The largest absolute Gasteiger partial charge is 0.478 e. The Balaban J connectivity index is 2.17. The molecule has 0 aliphatic carbocycles. The van der Waals surface area contributed by atoms with Crippen molar-refractivity contribution in [1.82, 2.24) is 9.97 Å². The quantitative estimate of drug-likeness (QED) is 0.673. The Morgan fingerprint density at radius 2 is 1.95 bits per heavy atom. The molecule has 1 aromatic heterocycles. The number of H-pyrrole nitrogens is 1. The SMILES string of the molecule is O=C(O)c1ccc2nc(-c3cc(Br)ccc3Br)[nH]c2c1. The molecule has 0 amide bonds. The van der Waals surface area contributed by atoms with Crippen LogP contribution in [0.2, 0.25) is 0 Å². The smallest absolute Gasteiger partial charge is 0.335 e. The Bertz CT molecular complexity index is 827. The molecule has 0 bridgehead atoms. The number of rotatable bonds is 2. The molecule has 0 aliphatic heterocycles. The molecule has 2 aromatic carbocycles. The summed E-state index contributed by atoms with van der Waals surface area (Å²) in [6, 6.07) is 10.6. The number of aromatic nitrogens is 2. The summed E-state index contributed by atoms with van der Waals surface area (Å²) < 4.78 is 1.86. The highest BCUT2D eigenvalue weighted by molar-refractivity contribution is 9.11. The third-order valence-electron chi connectivity index (χ3n) is 2.91. The maximum atomic E-state index is 11.0. The third kappa shape index (κ3) is 2.36. The zero-order valence-corrected chi connectivity index (χ0v) is 13.2. The zero-order chi connectivity index (χ0) is 14.3. The molecule has 0 spiro atoms. The Kier molecular flexibility index (Phi) is 3.35. The summed E-state index contributed by atoms with van der Waals surface area (Å²) in [5.41, 5.74) is 2.58. The van der Waals surface area contributed by atoms with Crippen molar-refractivity contribution in [3.63, 3.8) is 0 Å². The molecule has 6 heteroatoms. The molecule has 3 rings (SSSR count). The number of carboxylic acid groups (broad SMARTS) is 1. The first kappa shape index (κ1) is 13.3. The average Bonchev–Trinajstić information content (AvgIpc) is 2.83. The Hall–Kier alpha value is -1.66. The molecule has 0 saturated heterocycles. The molecule has 0 aliphatic rings. The van der Waals surface area contributed by atoms with Crippen molar-refractivity contribution in [2.75, 3.05) is 0 Å². The van der Waals surface area contributed by atoms with Gasteiger partial charge in [0.1, 0.15) is 5.82 Å². The number of aromatic carboxylic acids is 1. The minimum absolute atomic E-state index is 0.237. The van der Waals surface area contributed by atoms with Gasteiger partial charge in [-0.2, -0.15) is 0 Å². The van der Waals surface area contributed by atoms with Gasteiger partial charge >= 0.3 is 5.97 Å². The predicted octanol–water partition coefficient (Wildman–Crippen LogP) is 4.45. The van der Waals surface area contributed by atoms with Crippen molar-refractivity contribution in [2.24, 2.45) is 0 Å². The predicted molar refractivity (Wildman–Crippen MR) is 83.9 cm³/mol. The number of benzene rings is 2. The van der Waals surface area contributed by atoms with E-state index >= 15 is 0 Å². The highest BCUT2D eigenvalue weighted by atomic mass is 79.9. The maximum Gasteiger partial charge on any atom is 0.335 e. The van der Waals surface area contributed by atoms with Crippen molar-refractivity contribution >= 4 is 48.9 Å². The molecular formula is C14H8Br2N2O2. The summed E-state index contributed by atoms with van der Waals surface area (Å²) in [5, 5.41) is 9.00. The van der Waals surface area contributed by atoms with Crippen LogP contribution in [0.25, 0.3) is 22.4 Å². The number of carbonyl (C=O) groups is 1. The van der Waals surface area contributed by atoms with E-state index in [9.17, 15) is 4.79 Å². The second-order valence-electron chi connectivity index (χ2n) is 4.25. The second-order valence-corrected chi connectivity index (χ2v) is 6.02. The van der Waals surface area contributed by atoms with Gasteiger partial charge in [0.05, 0.1) is 16.6 Å². The lowest BCUT2D eigenvalue weighted by molar-refractivity contribution is 0.0697. The fourth-order valence-electron chi connectivity index (χ4n) is 1.95. The minimum Gasteiger partial charge on any atom is -0.478 e. The summed E-state index contributed by atoms with van der Waals surface area (Å²) in [6.07, 6.45) is 0. The minimum atomic E-state index is -0.952. The number of nitrogens with zero attached hydrogens (tertiary/aromatic N) is 1. The van der Waals surface area contributed by atoms with Gasteiger partial charge in [0.2, 0.25) is 0 Å². The van der Waals surface area contributed by atoms with E-state index in [0.29, 0.717) is 11.3 Å². The molecule has 1 heterocycles. The van der Waals surface area contributed by atoms with Crippen LogP contribution in [0.5, 0.6) is 0 Å². The van der Waals surface area contributed by atoms with Crippen molar-refractivity contribution in [2.45, 2.75) is 0 Å². The van der Waals surface area contributed by atoms with E-state index in [-0.39, 0.29) is 5.56 Å². The van der Waals surface area contributed by atoms with Gasteiger partial charge in [0.15, 0.2) is 0 Å². The molecule has 4 nitrogen and oxygen atoms in total. The third-order valence-corrected chi connectivity index (χ3v) is 4.10. The number of nitrogens with one attached hydrogen (secondary N) is 1. The Morgan fingerprint density at radius 3 is 2.70 bits per heavy atom. The fraction of sp³-hybridized carbons (Fsp3) is 0. The van der Waals surface area contributed by atoms with Gasteiger partial charge in [-0.05, 0) is 36.4 Å². The highest BCUT2D eigenvalue weighted by Crippen LogP contribution is 2.30. The molecule has 2 N–H and O–H groups in total. The van der Waals surface area contributed by atoms with Crippen molar-refractivity contribution in [1.29, 1.82) is 0 Å². The molecule has 0 saturated carbocycles. The topological polar surface area (TPSA) is 66.0 Å². The summed E-state index contributed by atoms with van der Waals surface area (Å²) in [7, 11) is 0.